The molecule has 0 fully saturated rings. The van der Waals surface area contributed by atoms with Crippen LogP contribution in [0.3, 0.4) is 0 Å². The number of hydrogen-bond acceptors (Lipinski definition) is 0. The van der Waals surface area contributed by atoms with Crippen LogP contribution in [0.1, 0.15) is 5.56 Å². The Kier molecular flexibility index (Phi) is 4.41. The topological polar surface area (TPSA) is 0 Å². The molecule has 0 aliphatic carbocycles. The molecule has 0 N–H and O–H groups in total. The third-order valence-electron chi connectivity index (χ3n) is 1.69. The van der Waals surface area contributed by atoms with Crippen molar-refractivity contribution in [3.63, 3.8) is 0 Å². The predicted molar refractivity (Wildman–Crippen MR) is 58.6 cm³/mol. The molecule has 0 unspecified atom stereocenters. The summed E-state index contributed by atoms with van der Waals surface area (Å²) >= 11 is 0. The van der Waals surface area contributed by atoms with Crippen LogP contribution in [-0.2, 0) is 6.42 Å². The number of benzene rings is 1. The minimum Gasteiger partial charge on any atom is -0.0991 e. The van der Waals surface area contributed by atoms with Crippen molar-refractivity contribution < 1.29 is 0 Å². The quantitative estimate of drug-likeness (QED) is 0.606. The lowest BCUT2D eigenvalue weighted by Gasteiger charge is -1.92. The van der Waals surface area contributed by atoms with E-state index < -0.39 is 0 Å². The van der Waals surface area contributed by atoms with E-state index in [1.54, 1.807) is 6.08 Å². The van der Waals surface area contributed by atoms with Gasteiger partial charge >= 0.3 is 0 Å². The summed E-state index contributed by atoms with van der Waals surface area (Å²) in [6.45, 7) is 3.60. The van der Waals surface area contributed by atoms with Gasteiger partial charge in [-0.05, 0) is 12.0 Å². The summed E-state index contributed by atoms with van der Waals surface area (Å²) in [5.41, 5.74) is 1.34. The van der Waals surface area contributed by atoms with E-state index in [9.17, 15) is 0 Å². The van der Waals surface area contributed by atoms with Gasteiger partial charge in [0.1, 0.15) is 0 Å². The van der Waals surface area contributed by atoms with Crippen LogP contribution in [0.4, 0.5) is 0 Å². The van der Waals surface area contributed by atoms with Gasteiger partial charge in [-0.3, -0.25) is 0 Å². The molecule has 1 aromatic rings. The monoisotopic (exact) mass is 170 g/mol. The lowest BCUT2D eigenvalue weighted by atomic mass is 10.1. The number of hydrogen-bond donors (Lipinski definition) is 0. The highest BCUT2D eigenvalue weighted by molar-refractivity contribution is 5.19. The van der Waals surface area contributed by atoms with Gasteiger partial charge in [-0.2, -0.15) is 0 Å². The first kappa shape index (κ1) is 9.53. The molecule has 0 saturated heterocycles. The summed E-state index contributed by atoms with van der Waals surface area (Å²) in [4.78, 5) is 0. The highest BCUT2D eigenvalue weighted by Gasteiger charge is 1.83. The van der Waals surface area contributed by atoms with Crippen molar-refractivity contribution in [3.05, 3.63) is 72.9 Å². The van der Waals surface area contributed by atoms with Crippen molar-refractivity contribution >= 4 is 0 Å². The fraction of sp³-hybridized carbons (Fsp3) is 0.0769. The van der Waals surface area contributed by atoms with Gasteiger partial charge in [-0.25, -0.2) is 0 Å². The standard InChI is InChI=1S/C13H14/c1-2-3-4-5-7-10-13-11-8-6-9-12-13/h2-9,11-12H,1,10H2/b4-3-,7-5?. The van der Waals surface area contributed by atoms with Crippen molar-refractivity contribution in [2.24, 2.45) is 0 Å². The maximum Gasteiger partial charge on any atom is -0.00943 e. The SMILES string of the molecule is C=C/C=C\C=CCc1ccccc1. The Balaban J connectivity index is 2.39. The van der Waals surface area contributed by atoms with Crippen molar-refractivity contribution in [1.29, 1.82) is 0 Å². The Morgan fingerprint density at radius 1 is 1.00 bits per heavy atom. The van der Waals surface area contributed by atoms with Gasteiger partial charge in [0.15, 0.2) is 0 Å². The van der Waals surface area contributed by atoms with Crippen molar-refractivity contribution in [1.82, 2.24) is 0 Å². The van der Waals surface area contributed by atoms with E-state index in [-0.39, 0.29) is 0 Å². The smallest absolute Gasteiger partial charge is 0.00943 e. The number of allylic oxidation sites excluding steroid dienone is 5. The molecule has 0 heteroatoms. The van der Waals surface area contributed by atoms with Crippen molar-refractivity contribution in [2.75, 3.05) is 0 Å². The van der Waals surface area contributed by atoms with Crippen LogP contribution in [0.5, 0.6) is 0 Å². The normalized spacial score (nSPS) is 11.1. The van der Waals surface area contributed by atoms with Crippen LogP contribution in [0, 0.1) is 0 Å². The molecular weight excluding hydrogens is 156 g/mol. The summed E-state index contributed by atoms with van der Waals surface area (Å²) in [7, 11) is 0. The molecule has 0 aliphatic rings. The predicted octanol–water partition coefficient (Wildman–Crippen LogP) is 3.53. The fourth-order valence-electron chi connectivity index (χ4n) is 1.04. The van der Waals surface area contributed by atoms with Crippen LogP contribution >= 0.6 is 0 Å². The first-order valence-corrected chi connectivity index (χ1v) is 4.41. The molecule has 0 spiro atoms. The first-order valence-electron chi connectivity index (χ1n) is 4.41. The average Bonchev–Trinajstić information content (AvgIpc) is 2.19. The molecule has 13 heavy (non-hydrogen) atoms. The average molecular weight is 170 g/mol. The van der Waals surface area contributed by atoms with Gasteiger partial charge in [0.25, 0.3) is 0 Å². The van der Waals surface area contributed by atoms with E-state index in [0.29, 0.717) is 0 Å². The minimum absolute atomic E-state index is 0.988. The zero-order valence-electron chi connectivity index (χ0n) is 7.69. The molecule has 66 valence electrons. The molecular formula is C13H14. The molecule has 0 nitrogen and oxygen atoms in total. The molecule has 1 aromatic carbocycles. The van der Waals surface area contributed by atoms with Crippen LogP contribution in [-0.4, -0.2) is 0 Å². The minimum atomic E-state index is 0.988. The summed E-state index contributed by atoms with van der Waals surface area (Å²) in [5, 5.41) is 0. The second kappa shape index (κ2) is 6.01. The molecule has 0 aromatic heterocycles. The summed E-state index contributed by atoms with van der Waals surface area (Å²) in [5.74, 6) is 0. The molecule has 0 bridgehead atoms. The lowest BCUT2D eigenvalue weighted by Crippen LogP contribution is -1.77. The third-order valence-corrected chi connectivity index (χ3v) is 1.69. The Labute approximate surface area is 79.9 Å². The molecule has 0 heterocycles. The van der Waals surface area contributed by atoms with Gasteiger partial charge in [-0.15, -0.1) is 0 Å². The summed E-state index contributed by atoms with van der Waals surface area (Å²) < 4.78 is 0. The van der Waals surface area contributed by atoms with E-state index in [1.165, 1.54) is 5.56 Å². The van der Waals surface area contributed by atoms with Gasteiger partial charge in [0.2, 0.25) is 0 Å². The third kappa shape index (κ3) is 4.12. The van der Waals surface area contributed by atoms with Gasteiger partial charge in [-0.1, -0.05) is 67.3 Å². The maximum atomic E-state index is 3.60. The van der Waals surface area contributed by atoms with Gasteiger partial charge in [0.05, 0.1) is 0 Å². The van der Waals surface area contributed by atoms with Crippen molar-refractivity contribution in [3.8, 4) is 0 Å². The van der Waals surface area contributed by atoms with Gasteiger partial charge < -0.3 is 0 Å². The maximum absolute atomic E-state index is 3.60. The molecule has 1 rings (SSSR count). The highest BCUT2D eigenvalue weighted by atomic mass is 13.9. The van der Waals surface area contributed by atoms with Crippen LogP contribution in [0.15, 0.2) is 67.3 Å². The van der Waals surface area contributed by atoms with E-state index in [4.69, 9.17) is 0 Å². The Morgan fingerprint density at radius 2 is 1.77 bits per heavy atom. The zero-order chi connectivity index (χ0) is 9.36. The second-order valence-electron chi connectivity index (χ2n) is 2.74. The number of rotatable bonds is 4. The molecule has 0 atom stereocenters. The Hall–Kier alpha value is -1.56. The Morgan fingerprint density at radius 3 is 2.46 bits per heavy atom. The lowest BCUT2D eigenvalue weighted by molar-refractivity contribution is 1.27. The van der Waals surface area contributed by atoms with E-state index >= 15 is 0 Å². The van der Waals surface area contributed by atoms with Crippen LogP contribution in [0.25, 0.3) is 0 Å². The summed E-state index contributed by atoms with van der Waals surface area (Å²) in [6.07, 6.45) is 10.8. The van der Waals surface area contributed by atoms with Crippen LogP contribution in [0.2, 0.25) is 0 Å². The first-order chi connectivity index (χ1) is 6.43. The van der Waals surface area contributed by atoms with E-state index in [2.05, 4.69) is 36.9 Å². The molecule has 0 aliphatic heterocycles. The van der Waals surface area contributed by atoms with E-state index in [1.807, 2.05) is 24.3 Å². The van der Waals surface area contributed by atoms with E-state index in [0.717, 1.165) is 6.42 Å². The largest absolute Gasteiger partial charge is 0.0991 e. The molecule has 0 saturated carbocycles. The fourth-order valence-corrected chi connectivity index (χ4v) is 1.04. The Bertz CT molecular complexity index is 291. The second-order valence-corrected chi connectivity index (χ2v) is 2.74. The zero-order valence-corrected chi connectivity index (χ0v) is 7.69. The van der Waals surface area contributed by atoms with Crippen LogP contribution < -0.4 is 0 Å². The summed E-state index contributed by atoms with van der Waals surface area (Å²) in [6, 6.07) is 10.4. The highest BCUT2D eigenvalue weighted by Crippen LogP contribution is 1.99. The molecule has 0 radical (unpaired) electrons. The van der Waals surface area contributed by atoms with Crippen molar-refractivity contribution in [2.45, 2.75) is 6.42 Å². The van der Waals surface area contributed by atoms with Gasteiger partial charge in [0, 0.05) is 0 Å². The molecule has 0 amide bonds.